The van der Waals surface area contributed by atoms with Crippen molar-refractivity contribution in [1.29, 1.82) is 0 Å². The summed E-state index contributed by atoms with van der Waals surface area (Å²) in [7, 11) is 0. The highest BCUT2D eigenvalue weighted by Crippen LogP contribution is 2.38. The van der Waals surface area contributed by atoms with Crippen LogP contribution in [0.5, 0.6) is 0 Å². The molecule has 24 heavy (non-hydrogen) atoms. The normalized spacial score (nSPS) is 17.0. The second-order valence-corrected chi connectivity index (χ2v) is 6.66. The molecule has 0 saturated carbocycles. The molecule has 1 amide bonds. The fourth-order valence-corrected chi connectivity index (χ4v) is 3.09. The molecule has 126 valence electrons. The molecule has 1 aliphatic carbocycles. The average molecular weight is 329 g/mol. The molecule has 2 aromatic carbocycles. The first-order chi connectivity index (χ1) is 11.4. The minimum absolute atomic E-state index is 0.0774. The summed E-state index contributed by atoms with van der Waals surface area (Å²) in [4.78, 5) is 12.2. The first kappa shape index (κ1) is 16.6. The number of rotatable bonds is 3. The Hall–Kier alpha value is -2.23. The first-order valence-corrected chi connectivity index (χ1v) is 8.27. The summed E-state index contributed by atoms with van der Waals surface area (Å²) in [5.74, 6) is -2.69. The van der Waals surface area contributed by atoms with Gasteiger partial charge in [0.05, 0.1) is 0 Å². The third kappa shape index (κ3) is 3.48. The zero-order valence-electron chi connectivity index (χ0n) is 13.9. The molecule has 1 N–H and O–H groups in total. The molecular formula is C20H21F2NO. The Kier molecular flexibility index (Phi) is 4.39. The average Bonchev–Trinajstić information content (AvgIpc) is 2.53. The minimum Gasteiger partial charge on any atom is -0.350 e. The smallest absolute Gasteiger partial charge is 0.251 e. The van der Waals surface area contributed by atoms with E-state index in [0.717, 1.165) is 21.9 Å². The van der Waals surface area contributed by atoms with Gasteiger partial charge < -0.3 is 5.32 Å². The van der Waals surface area contributed by atoms with Crippen LogP contribution >= 0.6 is 0 Å². The van der Waals surface area contributed by atoms with Gasteiger partial charge >= 0.3 is 0 Å². The number of nitrogens with one attached hydrogen (secondary N) is 1. The lowest BCUT2D eigenvalue weighted by Crippen LogP contribution is -2.29. The maximum atomic E-state index is 13.4. The molecule has 0 radical (unpaired) electrons. The third-order valence-corrected chi connectivity index (χ3v) is 4.32. The SMILES string of the molecule is CC(C)NC(=O)c1ccc2c(C3=CCC(F)(F)CC3)cccc2c1. The molecule has 3 rings (SSSR count). The standard InChI is InChI=1S/C20H21F2NO/c1-13(2)23-19(24)16-6-7-18-15(12-16)4-3-5-17(18)14-8-10-20(21,22)11-9-14/h3-8,12-13H,9-11H2,1-2H3,(H,23,24). The third-order valence-electron chi connectivity index (χ3n) is 4.32. The van der Waals surface area contributed by atoms with Gasteiger partial charge in [-0.1, -0.05) is 30.3 Å². The van der Waals surface area contributed by atoms with Crippen LogP contribution in [0, 0.1) is 0 Å². The number of benzene rings is 2. The molecule has 0 unspecified atom stereocenters. The second-order valence-electron chi connectivity index (χ2n) is 6.66. The number of amides is 1. The van der Waals surface area contributed by atoms with Gasteiger partial charge in [-0.2, -0.15) is 0 Å². The van der Waals surface area contributed by atoms with Crippen molar-refractivity contribution in [2.75, 3.05) is 0 Å². The van der Waals surface area contributed by atoms with Crippen LogP contribution in [0.4, 0.5) is 8.78 Å². The van der Waals surface area contributed by atoms with Crippen molar-refractivity contribution in [1.82, 2.24) is 5.32 Å². The molecule has 2 nitrogen and oxygen atoms in total. The molecule has 0 aromatic heterocycles. The van der Waals surface area contributed by atoms with Gasteiger partial charge in [0, 0.05) is 24.4 Å². The summed E-state index contributed by atoms with van der Waals surface area (Å²) >= 11 is 0. The molecule has 2 aromatic rings. The molecule has 4 heteroatoms. The maximum Gasteiger partial charge on any atom is 0.251 e. The maximum absolute atomic E-state index is 13.4. The minimum atomic E-state index is -2.59. The Morgan fingerprint density at radius 2 is 2.00 bits per heavy atom. The van der Waals surface area contributed by atoms with Gasteiger partial charge in [-0.25, -0.2) is 8.78 Å². The molecule has 0 saturated heterocycles. The molecule has 0 aliphatic heterocycles. The van der Waals surface area contributed by atoms with E-state index in [9.17, 15) is 13.6 Å². The topological polar surface area (TPSA) is 29.1 Å². The van der Waals surface area contributed by atoms with E-state index in [0.29, 0.717) is 12.0 Å². The summed E-state index contributed by atoms with van der Waals surface area (Å²) in [6.07, 6.45) is 1.72. The van der Waals surface area contributed by atoms with Crippen LogP contribution in [0.2, 0.25) is 0 Å². The lowest BCUT2D eigenvalue weighted by Gasteiger charge is -2.22. The Bertz CT molecular complexity index is 808. The van der Waals surface area contributed by atoms with Gasteiger partial charge in [0.2, 0.25) is 0 Å². The first-order valence-electron chi connectivity index (χ1n) is 8.27. The summed E-state index contributed by atoms with van der Waals surface area (Å²) < 4.78 is 26.7. The monoisotopic (exact) mass is 329 g/mol. The van der Waals surface area contributed by atoms with E-state index in [1.54, 1.807) is 12.1 Å². The number of carbonyl (C=O) groups is 1. The van der Waals surface area contributed by atoms with Crippen LogP contribution in [0.1, 0.15) is 49.0 Å². The summed E-state index contributed by atoms with van der Waals surface area (Å²) in [6, 6.07) is 11.5. The lowest BCUT2D eigenvalue weighted by molar-refractivity contribution is -0.00602. The number of hydrogen-bond donors (Lipinski definition) is 1. The Morgan fingerprint density at radius 1 is 1.21 bits per heavy atom. The quantitative estimate of drug-likeness (QED) is 0.826. The van der Waals surface area contributed by atoms with E-state index >= 15 is 0 Å². The van der Waals surface area contributed by atoms with Crippen LogP contribution in [-0.2, 0) is 0 Å². The number of alkyl halides is 2. The van der Waals surface area contributed by atoms with E-state index in [2.05, 4.69) is 5.32 Å². The predicted octanol–water partition coefficient (Wildman–Crippen LogP) is 5.18. The van der Waals surface area contributed by atoms with Crippen LogP contribution in [0.3, 0.4) is 0 Å². The molecule has 0 atom stereocenters. The van der Waals surface area contributed by atoms with Crippen molar-refractivity contribution in [2.24, 2.45) is 0 Å². The van der Waals surface area contributed by atoms with Gasteiger partial charge in [0.15, 0.2) is 0 Å². The lowest BCUT2D eigenvalue weighted by atomic mass is 9.88. The van der Waals surface area contributed by atoms with E-state index in [4.69, 9.17) is 0 Å². The number of allylic oxidation sites excluding steroid dienone is 2. The highest BCUT2D eigenvalue weighted by atomic mass is 19.3. The number of hydrogen-bond acceptors (Lipinski definition) is 1. The van der Waals surface area contributed by atoms with Gasteiger partial charge in [0.25, 0.3) is 11.8 Å². The van der Waals surface area contributed by atoms with Crippen molar-refractivity contribution >= 4 is 22.3 Å². The number of halogens is 2. The second kappa shape index (κ2) is 6.34. The fraction of sp³-hybridized carbons (Fsp3) is 0.350. The van der Waals surface area contributed by atoms with Crippen molar-refractivity contribution < 1.29 is 13.6 Å². The highest BCUT2D eigenvalue weighted by Gasteiger charge is 2.31. The largest absolute Gasteiger partial charge is 0.350 e. The molecular weight excluding hydrogens is 308 g/mol. The van der Waals surface area contributed by atoms with Crippen LogP contribution in [0.25, 0.3) is 16.3 Å². The van der Waals surface area contributed by atoms with Crippen molar-refractivity contribution in [3.8, 4) is 0 Å². The number of carbonyl (C=O) groups excluding carboxylic acids is 1. The molecule has 0 fully saturated rings. The Labute approximate surface area is 140 Å². The van der Waals surface area contributed by atoms with Crippen LogP contribution < -0.4 is 5.32 Å². The highest BCUT2D eigenvalue weighted by molar-refractivity contribution is 6.01. The van der Waals surface area contributed by atoms with E-state index in [1.165, 1.54) is 0 Å². The van der Waals surface area contributed by atoms with Gasteiger partial charge in [-0.05, 0) is 54.3 Å². The number of fused-ring (bicyclic) bond motifs is 1. The molecule has 1 aliphatic rings. The van der Waals surface area contributed by atoms with Crippen LogP contribution in [-0.4, -0.2) is 17.9 Å². The Morgan fingerprint density at radius 3 is 2.67 bits per heavy atom. The molecule has 0 spiro atoms. The predicted molar refractivity (Wildman–Crippen MR) is 93.3 cm³/mol. The van der Waals surface area contributed by atoms with Gasteiger partial charge in [-0.15, -0.1) is 0 Å². The van der Waals surface area contributed by atoms with Crippen molar-refractivity contribution in [2.45, 2.75) is 45.1 Å². The van der Waals surface area contributed by atoms with Crippen molar-refractivity contribution in [3.05, 3.63) is 53.6 Å². The van der Waals surface area contributed by atoms with Crippen LogP contribution in [0.15, 0.2) is 42.5 Å². The van der Waals surface area contributed by atoms with E-state index in [-0.39, 0.29) is 24.8 Å². The summed E-state index contributed by atoms with van der Waals surface area (Å²) in [5.41, 5.74) is 2.56. The fourth-order valence-electron chi connectivity index (χ4n) is 3.09. The molecule has 0 heterocycles. The van der Waals surface area contributed by atoms with Crippen molar-refractivity contribution in [3.63, 3.8) is 0 Å². The zero-order chi connectivity index (χ0) is 17.3. The zero-order valence-corrected chi connectivity index (χ0v) is 13.9. The van der Waals surface area contributed by atoms with Gasteiger partial charge in [-0.3, -0.25) is 4.79 Å². The summed E-state index contributed by atoms with van der Waals surface area (Å²) in [6.45, 7) is 3.84. The van der Waals surface area contributed by atoms with E-state index < -0.39 is 5.92 Å². The molecule has 0 bridgehead atoms. The Balaban J connectivity index is 1.97. The summed E-state index contributed by atoms with van der Waals surface area (Å²) in [5, 5.41) is 4.82. The van der Waals surface area contributed by atoms with E-state index in [1.807, 2.05) is 44.2 Å². The van der Waals surface area contributed by atoms with Gasteiger partial charge in [0.1, 0.15) is 0 Å².